The van der Waals surface area contributed by atoms with Crippen LogP contribution in [-0.4, -0.2) is 4.98 Å². The molecule has 8 aromatic carbocycles. The zero-order valence-electron chi connectivity index (χ0n) is 28.0. The third-order valence-corrected chi connectivity index (χ3v) is 11.6. The van der Waals surface area contributed by atoms with Gasteiger partial charge in [-0.2, -0.15) is 0 Å². The lowest BCUT2D eigenvalue weighted by Gasteiger charge is -2.16. The number of para-hydroxylation sites is 2. The molecule has 3 aromatic heterocycles. The highest BCUT2D eigenvalue weighted by Gasteiger charge is 2.21. The summed E-state index contributed by atoms with van der Waals surface area (Å²) in [5.74, 6) is 0. The maximum atomic E-state index is 6.58. The van der Waals surface area contributed by atoms with E-state index >= 15 is 0 Å². The highest BCUT2D eigenvalue weighted by Crippen LogP contribution is 2.46. The van der Waals surface area contributed by atoms with Gasteiger partial charge in [-0.1, -0.05) is 146 Å². The molecule has 0 unspecified atom stereocenters. The Bertz CT molecular complexity index is 3150. The zero-order valence-corrected chi connectivity index (χ0v) is 28.8. The van der Waals surface area contributed by atoms with Crippen molar-refractivity contribution in [1.82, 2.24) is 4.98 Å². The number of hydrogen-bond donors (Lipinski definition) is 0. The molecule has 2 nitrogen and oxygen atoms in total. The van der Waals surface area contributed by atoms with Crippen LogP contribution in [0, 0.1) is 0 Å². The first-order valence-corrected chi connectivity index (χ1v) is 18.4. The molecular weight excluding hydrogens is 651 g/mol. The molecule has 0 spiro atoms. The number of pyridine rings is 1. The van der Waals surface area contributed by atoms with E-state index in [0.29, 0.717) is 0 Å². The maximum absolute atomic E-state index is 6.58. The largest absolute Gasteiger partial charge is 0.456 e. The summed E-state index contributed by atoms with van der Waals surface area (Å²) in [6, 6.07) is 63.1. The van der Waals surface area contributed by atoms with E-state index in [0.717, 1.165) is 55.0 Å². The van der Waals surface area contributed by atoms with Crippen LogP contribution in [0.3, 0.4) is 0 Å². The highest BCUT2D eigenvalue weighted by molar-refractivity contribution is 7.25. The van der Waals surface area contributed by atoms with Crippen LogP contribution >= 0.6 is 11.3 Å². The first kappa shape index (κ1) is 29.2. The minimum atomic E-state index is 0.867. The van der Waals surface area contributed by atoms with E-state index in [-0.39, 0.29) is 0 Å². The average molecular weight is 680 g/mol. The Morgan fingerprint density at radius 2 is 0.962 bits per heavy atom. The highest BCUT2D eigenvalue weighted by atomic mass is 32.1. The fraction of sp³-hybridized carbons (Fsp3) is 0. The maximum Gasteiger partial charge on any atom is 0.136 e. The SMILES string of the molecule is c1ccc(-c2nc3ccccc3c3c(-c4ccc(-c5ccc(-c6ccc7c(c6)sc6ccccc67)cc5)cc4)c4c(cc23)oc2ccccc24)cc1. The second-order valence-corrected chi connectivity index (χ2v) is 14.5. The van der Waals surface area contributed by atoms with Gasteiger partial charge in [0.1, 0.15) is 11.2 Å². The molecule has 3 heterocycles. The first-order chi connectivity index (χ1) is 25.8. The van der Waals surface area contributed by atoms with E-state index in [1.165, 1.54) is 53.4 Å². The Labute approximate surface area is 303 Å². The molecule has 0 amide bonds. The standard InChI is InChI=1S/C49H29NOS/c1-2-10-34(11-3-1)49-40-29-43-48(39-14-5-8-16-42(39)51-43)46(47(40)38-13-4-7-15-41(38)50-49)33-24-22-31(23-25-33)30-18-20-32(21-19-30)35-26-27-37-36-12-6-9-17-44(36)52-45(37)28-35/h1-29H. The summed E-state index contributed by atoms with van der Waals surface area (Å²) < 4.78 is 9.24. The molecule has 0 aliphatic carbocycles. The summed E-state index contributed by atoms with van der Waals surface area (Å²) in [4.78, 5) is 5.24. The second kappa shape index (κ2) is 11.5. The summed E-state index contributed by atoms with van der Waals surface area (Å²) >= 11 is 1.86. The van der Waals surface area contributed by atoms with Crippen LogP contribution in [0.4, 0.5) is 0 Å². The van der Waals surface area contributed by atoms with E-state index < -0.39 is 0 Å². The Hall–Kier alpha value is -6.55. The predicted octanol–water partition coefficient (Wildman–Crippen LogP) is 14.3. The van der Waals surface area contributed by atoms with Crippen molar-refractivity contribution in [3.8, 4) is 44.6 Å². The van der Waals surface area contributed by atoms with E-state index in [1.54, 1.807) is 0 Å². The third kappa shape index (κ3) is 4.53. The summed E-state index contributed by atoms with van der Waals surface area (Å²) in [5.41, 5.74) is 11.9. The van der Waals surface area contributed by atoms with Crippen LogP contribution in [0.5, 0.6) is 0 Å². The Morgan fingerprint density at radius 1 is 0.365 bits per heavy atom. The van der Waals surface area contributed by atoms with Gasteiger partial charge in [-0.05, 0) is 58.1 Å². The van der Waals surface area contributed by atoms with Crippen molar-refractivity contribution in [2.75, 3.05) is 0 Å². The van der Waals surface area contributed by atoms with Gasteiger partial charge in [0, 0.05) is 58.2 Å². The van der Waals surface area contributed by atoms with Gasteiger partial charge < -0.3 is 4.42 Å². The number of thiophene rings is 1. The van der Waals surface area contributed by atoms with Gasteiger partial charge in [0.25, 0.3) is 0 Å². The van der Waals surface area contributed by atoms with Crippen LogP contribution in [0.25, 0.3) is 108 Å². The van der Waals surface area contributed by atoms with Crippen molar-refractivity contribution >= 4 is 75.1 Å². The lowest BCUT2D eigenvalue weighted by Crippen LogP contribution is -1.93. The van der Waals surface area contributed by atoms with Gasteiger partial charge in [-0.25, -0.2) is 4.98 Å². The van der Waals surface area contributed by atoms with Crippen molar-refractivity contribution in [2.45, 2.75) is 0 Å². The molecule has 0 N–H and O–H groups in total. The number of benzene rings is 8. The molecule has 0 bridgehead atoms. The number of nitrogens with zero attached hydrogens (tertiary/aromatic N) is 1. The number of furan rings is 1. The van der Waals surface area contributed by atoms with Gasteiger partial charge >= 0.3 is 0 Å². The molecular formula is C49H29NOS. The summed E-state index contributed by atoms with van der Waals surface area (Å²) in [5, 5.41) is 8.31. The van der Waals surface area contributed by atoms with E-state index in [4.69, 9.17) is 9.40 Å². The molecule has 0 fully saturated rings. The van der Waals surface area contributed by atoms with Crippen LogP contribution in [0.2, 0.25) is 0 Å². The summed E-state index contributed by atoms with van der Waals surface area (Å²) in [6.07, 6.45) is 0. The Kier molecular flexibility index (Phi) is 6.46. The topological polar surface area (TPSA) is 26.0 Å². The van der Waals surface area contributed by atoms with Gasteiger partial charge in [0.15, 0.2) is 0 Å². The molecule has 0 radical (unpaired) electrons. The summed E-state index contributed by atoms with van der Waals surface area (Å²) in [7, 11) is 0. The van der Waals surface area contributed by atoms with E-state index in [9.17, 15) is 0 Å². The molecule has 11 rings (SSSR count). The van der Waals surface area contributed by atoms with Gasteiger partial charge in [-0.3, -0.25) is 0 Å². The van der Waals surface area contributed by atoms with Crippen molar-refractivity contribution in [2.24, 2.45) is 0 Å². The molecule has 11 aromatic rings. The number of aromatic nitrogens is 1. The quantitative estimate of drug-likeness (QED) is 0.173. The van der Waals surface area contributed by atoms with Gasteiger partial charge in [-0.15, -0.1) is 11.3 Å². The fourth-order valence-corrected chi connectivity index (χ4v) is 9.16. The summed E-state index contributed by atoms with van der Waals surface area (Å²) in [6.45, 7) is 0. The third-order valence-electron chi connectivity index (χ3n) is 10.5. The lowest BCUT2D eigenvalue weighted by atomic mass is 9.89. The monoisotopic (exact) mass is 679 g/mol. The normalized spacial score (nSPS) is 11.8. The second-order valence-electron chi connectivity index (χ2n) is 13.5. The Balaban J connectivity index is 1.06. The fourth-order valence-electron chi connectivity index (χ4n) is 8.01. The van der Waals surface area contributed by atoms with Crippen molar-refractivity contribution in [3.63, 3.8) is 0 Å². The van der Waals surface area contributed by atoms with Crippen LogP contribution < -0.4 is 0 Å². The molecule has 0 saturated heterocycles. The molecule has 0 saturated carbocycles. The van der Waals surface area contributed by atoms with E-state index in [1.807, 2.05) is 17.4 Å². The number of hydrogen-bond acceptors (Lipinski definition) is 3. The minimum absolute atomic E-state index is 0.867. The smallest absolute Gasteiger partial charge is 0.136 e. The minimum Gasteiger partial charge on any atom is -0.456 e. The zero-order chi connectivity index (χ0) is 34.2. The van der Waals surface area contributed by atoms with Crippen LogP contribution in [0.15, 0.2) is 180 Å². The van der Waals surface area contributed by atoms with Gasteiger partial charge in [0.05, 0.1) is 11.2 Å². The van der Waals surface area contributed by atoms with Crippen molar-refractivity contribution in [3.05, 3.63) is 176 Å². The van der Waals surface area contributed by atoms with Crippen molar-refractivity contribution < 1.29 is 4.42 Å². The molecule has 52 heavy (non-hydrogen) atoms. The van der Waals surface area contributed by atoms with Crippen molar-refractivity contribution in [1.29, 1.82) is 0 Å². The average Bonchev–Trinajstić information content (AvgIpc) is 3.78. The molecule has 3 heteroatoms. The number of fused-ring (bicyclic) bond motifs is 9. The van der Waals surface area contributed by atoms with Gasteiger partial charge in [0.2, 0.25) is 0 Å². The lowest BCUT2D eigenvalue weighted by molar-refractivity contribution is 0.669. The Morgan fingerprint density at radius 3 is 1.75 bits per heavy atom. The molecule has 0 aliphatic rings. The predicted molar refractivity (Wildman–Crippen MR) is 221 cm³/mol. The van der Waals surface area contributed by atoms with E-state index in [2.05, 4.69) is 170 Å². The van der Waals surface area contributed by atoms with Crippen LogP contribution in [-0.2, 0) is 0 Å². The molecule has 0 aliphatic heterocycles. The number of rotatable bonds is 4. The molecule has 0 atom stereocenters. The first-order valence-electron chi connectivity index (χ1n) is 17.6. The molecule has 242 valence electrons. The van der Waals surface area contributed by atoms with Crippen LogP contribution in [0.1, 0.15) is 0 Å².